The predicted octanol–water partition coefficient (Wildman–Crippen LogP) is -8.63. The average Bonchev–Trinajstić information content (AvgIpc) is 2.02. The van der Waals surface area contributed by atoms with Gasteiger partial charge in [0.15, 0.2) is 5.60 Å². The molecule has 0 rings (SSSR count). The van der Waals surface area contributed by atoms with Gasteiger partial charge >= 0.3 is 65.1 Å². The van der Waals surface area contributed by atoms with Crippen molar-refractivity contribution in [1.82, 2.24) is 0 Å². The van der Waals surface area contributed by atoms with E-state index in [4.69, 9.17) is 0 Å². The number of carboxylic acid groups (broad SMARTS) is 2. The van der Waals surface area contributed by atoms with Crippen LogP contribution in [0.5, 0.6) is 0 Å². The normalized spacial score (nSPS) is 12.1. The van der Waals surface area contributed by atoms with Crippen molar-refractivity contribution in [2.45, 2.75) is 18.9 Å². The number of esters is 1. The molecule has 6 nitrogen and oxygen atoms in total. The van der Waals surface area contributed by atoms with Gasteiger partial charge in [-0.2, -0.15) is 0 Å². The Balaban J connectivity index is -0.000000845. The molecule has 0 aliphatic carbocycles. The van der Waals surface area contributed by atoms with E-state index in [9.17, 15) is 24.6 Å². The van der Waals surface area contributed by atoms with Gasteiger partial charge in [-0.05, 0) is 6.92 Å². The molecule has 0 bridgehead atoms. The fourth-order valence-electron chi connectivity index (χ4n) is 0.689. The second kappa shape index (κ2) is 9.21. The first kappa shape index (κ1) is 21.4. The molecule has 0 aliphatic heterocycles. The van der Waals surface area contributed by atoms with Crippen LogP contribution in [0.15, 0.2) is 12.7 Å². The van der Waals surface area contributed by atoms with Gasteiger partial charge in [-0.3, -0.25) is 0 Å². The second-order valence-electron chi connectivity index (χ2n) is 2.69. The molecule has 0 saturated heterocycles. The van der Waals surface area contributed by atoms with E-state index in [1.54, 1.807) is 0 Å². The summed E-state index contributed by atoms with van der Waals surface area (Å²) in [5, 5.41) is 20.7. The van der Waals surface area contributed by atoms with E-state index in [1.165, 1.54) is 0 Å². The topological polar surface area (TPSA) is 107 Å². The van der Waals surface area contributed by atoms with Gasteiger partial charge in [0.2, 0.25) is 0 Å². The quantitative estimate of drug-likeness (QED) is 0.271. The molecule has 0 spiro atoms. The van der Waals surface area contributed by atoms with Crippen LogP contribution in [0.2, 0.25) is 0 Å². The number of aliphatic carboxylic acids is 2. The van der Waals surface area contributed by atoms with E-state index in [1.807, 2.05) is 0 Å². The first-order valence-corrected chi connectivity index (χ1v) is 3.58. The van der Waals surface area contributed by atoms with Crippen molar-refractivity contribution in [3.8, 4) is 0 Å². The minimum atomic E-state index is -2.23. The third-order valence-electron chi connectivity index (χ3n) is 1.41. The van der Waals surface area contributed by atoms with Gasteiger partial charge in [-0.15, -0.1) is 0 Å². The smallest absolute Gasteiger partial charge is 0.550 e. The number of ether oxygens (including phenoxy) is 1. The van der Waals surface area contributed by atoms with E-state index >= 15 is 0 Å². The molecular weight excluding hydrogens is 238 g/mol. The number of hydrogen-bond acceptors (Lipinski definition) is 6. The van der Waals surface area contributed by atoms with Gasteiger partial charge in [-0.25, -0.2) is 4.79 Å². The zero-order valence-corrected chi connectivity index (χ0v) is 13.4. The molecule has 0 fully saturated rings. The van der Waals surface area contributed by atoms with Gasteiger partial charge in [0.25, 0.3) is 0 Å². The summed E-state index contributed by atoms with van der Waals surface area (Å²) < 4.78 is 4.32. The molecule has 8 heteroatoms. The Morgan fingerprint density at radius 1 is 1.31 bits per heavy atom. The molecule has 0 aromatic rings. The summed E-state index contributed by atoms with van der Waals surface area (Å²) in [6.45, 7) is 3.93. The molecule has 0 N–H and O–H groups in total. The maximum atomic E-state index is 10.7. The molecular formula is C8H8Na2O6. The maximum absolute atomic E-state index is 10.7. The van der Waals surface area contributed by atoms with Crippen molar-refractivity contribution in [3.63, 3.8) is 0 Å². The summed E-state index contributed by atoms with van der Waals surface area (Å²) >= 11 is 0. The first-order valence-electron chi connectivity index (χ1n) is 3.58. The van der Waals surface area contributed by atoms with Crippen molar-refractivity contribution in [2.75, 3.05) is 0 Å². The molecule has 0 radical (unpaired) electrons. The van der Waals surface area contributed by atoms with Crippen LogP contribution in [0.3, 0.4) is 0 Å². The minimum absolute atomic E-state index is 0. The minimum Gasteiger partial charge on any atom is -0.550 e. The summed E-state index contributed by atoms with van der Waals surface area (Å²) in [4.78, 5) is 31.3. The van der Waals surface area contributed by atoms with Crippen molar-refractivity contribution in [3.05, 3.63) is 12.7 Å². The van der Waals surface area contributed by atoms with Gasteiger partial charge in [-0.1, -0.05) is 6.58 Å². The Hall–Kier alpha value is 0.150. The van der Waals surface area contributed by atoms with Crippen LogP contribution >= 0.6 is 0 Å². The van der Waals surface area contributed by atoms with Gasteiger partial charge in [0, 0.05) is 18.5 Å². The molecule has 1 unspecified atom stereocenters. The van der Waals surface area contributed by atoms with Crippen molar-refractivity contribution < 1.29 is 88.4 Å². The predicted molar refractivity (Wildman–Crippen MR) is 39.3 cm³/mol. The molecule has 0 amide bonds. The molecule has 16 heavy (non-hydrogen) atoms. The number of hydrogen-bond donors (Lipinski definition) is 0. The fraction of sp³-hybridized carbons (Fsp3) is 0.375. The largest absolute Gasteiger partial charge is 1.00 e. The Labute approximate surface area is 137 Å². The van der Waals surface area contributed by atoms with Gasteiger partial charge < -0.3 is 24.5 Å². The van der Waals surface area contributed by atoms with E-state index in [2.05, 4.69) is 11.3 Å². The molecule has 0 aromatic heterocycles. The third-order valence-corrected chi connectivity index (χ3v) is 1.41. The average molecular weight is 246 g/mol. The summed E-state index contributed by atoms with van der Waals surface area (Å²) in [6.07, 6.45) is -0.259. The fourth-order valence-corrected chi connectivity index (χ4v) is 0.689. The Morgan fingerprint density at radius 2 is 1.75 bits per heavy atom. The van der Waals surface area contributed by atoms with Crippen molar-refractivity contribution in [2.24, 2.45) is 0 Å². The Kier molecular flexibility index (Phi) is 12.3. The summed E-state index contributed by atoms with van der Waals surface area (Å²) in [7, 11) is 0. The van der Waals surface area contributed by atoms with Crippen LogP contribution in [0, 0.1) is 0 Å². The maximum Gasteiger partial charge on any atom is 1.00 e. The molecule has 78 valence electrons. The van der Waals surface area contributed by atoms with Crippen LogP contribution in [-0.4, -0.2) is 23.5 Å². The van der Waals surface area contributed by atoms with Crippen LogP contribution in [-0.2, 0) is 19.1 Å². The Bertz CT molecular complexity index is 290. The summed E-state index contributed by atoms with van der Waals surface area (Å²) in [6, 6.07) is 0. The first-order chi connectivity index (χ1) is 6.31. The number of carbonyl (C=O) groups excluding carboxylic acids is 3. The van der Waals surface area contributed by atoms with Crippen LogP contribution < -0.4 is 69.3 Å². The molecule has 0 aromatic carbocycles. The van der Waals surface area contributed by atoms with E-state index in [-0.39, 0.29) is 59.1 Å². The summed E-state index contributed by atoms with van der Waals surface area (Å²) in [5.41, 5.74) is -2.23. The SMILES string of the molecule is C=CC(=O)OC(C)(CC(=O)[O-])C(=O)[O-].[Na+].[Na+]. The van der Waals surface area contributed by atoms with E-state index < -0.39 is 29.9 Å². The zero-order valence-electron chi connectivity index (χ0n) is 9.44. The molecule has 0 heterocycles. The van der Waals surface area contributed by atoms with Crippen LogP contribution in [0.1, 0.15) is 13.3 Å². The monoisotopic (exact) mass is 246 g/mol. The number of rotatable bonds is 5. The van der Waals surface area contributed by atoms with E-state index in [0.29, 0.717) is 0 Å². The van der Waals surface area contributed by atoms with Gasteiger partial charge in [0.1, 0.15) is 0 Å². The number of carboxylic acids is 2. The third kappa shape index (κ3) is 7.43. The standard InChI is InChI=1S/C8H10O6.2Na/c1-3-6(11)14-8(2,7(12)13)4-5(9)10;;/h3H,1,4H2,2H3,(H,9,10)(H,12,13);;/q;2*+1/p-2. The van der Waals surface area contributed by atoms with Crippen molar-refractivity contribution >= 4 is 17.9 Å². The molecule has 1 atom stereocenters. The Morgan fingerprint density at radius 3 is 2.00 bits per heavy atom. The van der Waals surface area contributed by atoms with Crippen LogP contribution in [0.4, 0.5) is 0 Å². The van der Waals surface area contributed by atoms with Gasteiger partial charge in [0.05, 0.1) is 5.97 Å². The second-order valence-corrected chi connectivity index (χ2v) is 2.69. The molecule has 0 aliphatic rings. The molecule has 0 saturated carbocycles. The zero-order chi connectivity index (χ0) is 11.4. The van der Waals surface area contributed by atoms with E-state index in [0.717, 1.165) is 13.0 Å². The number of carbonyl (C=O) groups is 3. The summed E-state index contributed by atoms with van der Waals surface area (Å²) in [5.74, 6) is -4.51. The van der Waals surface area contributed by atoms with Crippen molar-refractivity contribution in [1.29, 1.82) is 0 Å². The van der Waals surface area contributed by atoms with Crippen LogP contribution in [0.25, 0.3) is 0 Å².